The molecule has 112 valence electrons. The van der Waals surface area contributed by atoms with Crippen molar-refractivity contribution in [3.05, 3.63) is 40.5 Å². The van der Waals surface area contributed by atoms with E-state index in [9.17, 15) is 4.79 Å². The van der Waals surface area contributed by atoms with Crippen molar-refractivity contribution < 1.29 is 4.79 Å². The molecule has 0 saturated carbocycles. The van der Waals surface area contributed by atoms with Gasteiger partial charge in [-0.05, 0) is 24.8 Å². The lowest BCUT2D eigenvalue weighted by atomic mass is 10.2. The largest absolute Gasteiger partial charge is 0.369 e. The predicted molar refractivity (Wildman–Crippen MR) is 85.6 cm³/mol. The first-order valence-electron chi connectivity index (χ1n) is 7.00. The Morgan fingerprint density at radius 1 is 1.48 bits per heavy atom. The highest BCUT2D eigenvalue weighted by atomic mass is 32.1. The fourth-order valence-electron chi connectivity index (χ4n) is 1.88. The Morgan fingerprint density at radius 3 is 2.95 bits per heavy atom. The molecule has 0 fully saturated rings. The highest BCUT2D eigenvalue weighted by molar-refractivity contribution is 7.10. The lowest BCUT2D eigenvalue weighted by Gasteiger charge is -2.23. The second-order valence-corrected chi connectivity index (χ2v) is 5.80. The summed E-state index contributed by atoms with van der Waals surface area (Å²) in [5, 5.41) is 5.16. The number of rotatable bonds is 6. The van der Waals surface area contributed by atoms with E-state index in [2.05, 4.69) is 22.2 Å². The number of aromatic nitrogens is 2. The van der Waals surface area contributed by atoms with Crippen LogP contribution in [0.1, 0.15) is 41.7 Å². The highest BCUT2D eigenvalue weighted by Gasteiger charge is 2.21. The van der Waals surface area contributed by atoms with Crippen LogP contribution in [0, 0.1) is 0 Å². The van der Waals surface area contributed by atoms with E-state index in [1.807, 2.05) is 24.4 Å². The second kappa shape index (κ2) is 7.17. The van der Waals surface area contributed by atoms with Gasteiger partial charge in [-0.3, -0.25) is 9.78 Å². The van der Waals surface area contributed by atoms with Gasteiger partial charge < -0.3 is 10.2 Å². The molecule has 0 aliphatic carbocycles. The molecule has 0 aliphatic heterocycles. The third-order valence-corrected chi connectivity index (χ3v) is 4.31. The van der Waals surface area contributed by atoms with Crippen molar-refractivity contribution in [3.8, 4) is 0 Å². The molecule has 2 rings (SSSR count). The van der Waals surface area contributed by atoms with Gasteiger partial charge in [-0.1, -0.05) is 13.0 Å². The van der Waals surface area contributed by atoms with Crippen molar-refractivity contribution in [1.82, 2.24) is 14.9 Å². The number of carbonyl (C=O) groups is 1. The van der Waals surface area contributed by atoms with Crippen LogP contribution >= 0.6 is 11.3 Å². The van der Waals surface area contributed by atoms with Crippen LogP contribution < -0.4 is 5.32 Å². The minimum absolute atomic E-state index is 0.0200. The molecule has 0 aromatic carbocycles. The molecule has 0 spiro atoms. The average Bonchev–Trinajstić information content (AvgIpc) is 3.05. The number of carbonyl (C=O) groups excluding carboxylic acids is 1. The molecule has 2 aromatic heterocycles. The van der Waals surface area contributed by atoms with Crippen molar-refractivity contribution in [2.45, 2.75) is 26.3 Å². The summed E-state index contributed by atoms with van der Waals surface area (Å²) in [7, 11) is 1.79. The number of anilines is 1. The summed E-state index contributed by atoms with van der Waals surface area (Å²) < 4.78 is 0. The Bertz CT molecular complexity index is 585. The first-order valence-corrected chi connectivity index (χ1v) is 7.88. The van der Waals surface area contributed by atoms with Crippen LogP contribution in [0.25, 0.3) is 0 Å². The van der Waals surface area contributed by atoms with E-state index in [0.717, 1.165) is 17.8 Å². The molecule has 6 heteroatoms. The zero-order chi connectivity index (χ0) is 15.2. The Morgan fingerprint density at radius 2 is 2.29 bits per heavy atom. The predicted octanol–water partition coefficient (Wildman–Crippen LogP) is 3.19. The van der Waals surface area contributed by atoms with Gasteiger partial charge in [-0.15, -0.1) is 11.3 Å². The summed E-state index contributed by atoms with van der Waals surface area (Å²) in [5.74, 6) is 0.517. The first-order chi connectivity index (χ1) is 10.1. The van der Waals surface area contributed by atoms with Crippen molar-refractivity contribution in [1.29, 1.82) is 0 Å². The fourth-order valence-corrected chi connectivity index (χ4v) is 2.71. The third-order valence-electron chi connectivity index (χ3n) is 3.27. The van der Waals surface area contributed by atoms with E-state index < -0.39 is 0 Å². The molecular formula is C15H20N4OS. The average molecular weight is 304 g/mol. The van der Waals surface area contributed by atoms with Gasteiger partial charge in [0.15, 0.2) is 0 Å². The molecule has 2 aromatic rings. The topological polar surface area (TPSA) is 58.1 Å². The smallest absolute Gasteiger partial charge is 0.274 e. The van der Waals surface area contributed by atoms with Crippen LogP contribution in [0.5, 0.6) is 0 Å². The van der Waals surface area contributed by atoms with Crippen LogP contribution in [-0.2, 0) is 0 Å². The van der Waals surface area contributed by atoms with Gasteiger partial charge in [0, 0.05) is 18.5 Å². The minimum atomic E-state index is -0.122. The summed E-state index contributed by atoms with van der Waals surface area (Å²) >= 11 is 1.64. The Kier molecular flexibility index (Phi) is 5.27. The van der Waals surface area contributed by atoms with Gasteiger partial charge in [-0.2, -0.15) is 0 Å². The first kappa shape index (κ1) is 15.4. The summed E-state index contributed by atoms with van der Waals surface area (Å²) in [6.45, 7) is 4.90. The van der Waals surface area contributed by atoms with Gasteiger partial charge >= 0.3 is 0 Å². The molecule has 0 radical (unpaired) electrons. The second-order valence-electron chi connectivity index (χ2n) is 4.82. The van der Waals surface area contributed by atoms with E-state index in [0.29, 0.717) is 11.5 Å². The lowest BCUT2D eigenvalue weighted by Crippen LogP contribution is -2.30. The zero-order valence-corrected chi connectivity index (χ0v) is 13.4. The van der Waals surface area contributed by atoms with Crippen LogP contribution in [0.3, 0.4) is 0 Å². The monoisotopic (exact) mass is 304 g/mol. The van der Waals surface area contributed by atoms with Crippen molar-refractivity contribution in [2.24, 2.45) is 0 Å². The minimum Gasteiger partial charge on any atom is -0.369 e. The Balaban J connectivity index is 2.11. The molecular weight excluding hydrogens is 284 g/mol. The van der Waals surface area contributed by atoms with Crippen LogP contribution in [0.15, 0.2) is 29.9 Å². The molecule has 0 saturated heterocycles. The number of amides is 1. The van der Waals surface area contributed by atoms with Crippen molar-refractivity contribution in [3.63, 3.8) is 0 Å². The number of hydrogen-bond donors (Lipinski definition) is 1. The Labute approximate surface area is 129 Å². The molecule has 21 heavy (non-hydrogen) atoms. The van der Waals surface area contributed by atoms with Gasteiger partial charge in [0.05, 0.1) is 18.4 Å². The van der Waals surface area contributed by atoms with Gasteiger partial charge in [0.1, 0.15) is 11.5 Å². The summed E-state index contributed by atoms with van der Waals surface area (Å²) in [6.07, 6.45) is 4.14. The maximum absolute atomic E-state index is 12.5. The van der Waals surface area contributed by atoms with Gasteiger partial charge in [-0.25, -0.2) is 4.98 Å². The highest BCUT2D eigenvalue weighted by Crippen LogP contribution is 2.24. The summed E-state index contributed by atoms with van der Waals surface area (Å²) in [5.41, 5.74) is 0.363. The number of nitrogens with one attached hydrogen (secondary N) is 1. The molecule has 0 bridgehead atoms. The molecule has 2 heterocycles. The van der Waals surface area contributed by atoms with Crippen molar-refractivity contribution >= 4 is 23.1 Å². The van der Waals surface area contributed by atoms with E-state index in [-0.39, 0.29) is 11.9 Å². The molecule has 1 amide bonds. The summed E-state index contributed by atoms with van der Waals surface area (Å²) in [4.78, 5) is 23.8. The van der Waals surface area contributed by atoms with Crippen LogP contribution in [0.2, 0.25) is 0 Å². The molecule has 1 N–H and O–H groups in total. The van der Waals surface area contributed by atoms with Crippen molar-refractivity contribution in [2.75, 3.05) is 18.9 Å². The molecule has 1 atom stereocenters. The van der Waals surface area contributed by atoms with Crippen LogP contribution in [0.4, 0.5) is 5.82 Å². The van der Waals surface area contributed by atoms with Gasteiger partial charge in [0.25, 0.3) is 5.91 Å². The third kappa shape index (κ3) is 3.78. The SMILES string of the molecule is CCCNc1cncc(C(=O)N(C)C(C)c2cccs2)n1. The fraction of sp³-hybridized carbons (Fsp3) is 0.400. The Hall–Kier alpha value is -1.95. The van der Waals surface area contributed by atoms with E-state index >= 15 is 0 Å². The molecule has 0 aliphatic rings. The quantitative estimate of drug-likeness (QED) is 0.890. The molecule has 5 nitrogen and oxygen atoms in total. The van der Waals surface area contributed by atoms with E-state index in [4.69, 9.17) is 0 Å². The number of hydrogen-bond acceptors (Lipinski definition) is 5. The lowest BCUT2D eigenvalue weighted by molar-refractivity contribution is 0.0738. The normalized spacial score (nSPS) is 12.0. The van der Waals surface area contributed by atoms with E-state index in [1.165, 1.54) is 6.20 Å². The number of thiophene rings is 1. The maximum atomic E-state index is 12.5. The summed E-state index contributed by atoms with van der Waals surface area (Å²) in [6, 6.07) is 4.04. The number of nitrogens with zero attached hydrogens (tertiary/aromatic N) is 3. The zero-order valence-electron chi connectivity index (χ0n) is 12.5. The van der Waals surface area contributed by atoms with E-state index in [1.54, 1.807) is 29.5 Å². The maximum Gasteiger partial charge on any atom is 0.274 e. The standard InChI is InChI=1S/C15H20N4OS/c1-4-7-17-14-10-16-9-12(18-14)15(20)19(3)11(2)13-6-5-8-21-13/h5-6,8-11H,4,7H2,1-3H3,(H,17,18). The molecule has 1 unspecified atom stereocenters. The van der Waals surface area contributed by atoms with Crippen LogP contribution in [-0.4, -0.2) is 34.4 Å². The van der Waals surface area contributed by atoms with Gasteiger partial charge in [0.2, 0.25) is 0 Å².